The lowest BCUT2D eigenvalue weighted by molar-refractivity contribution is 0.126. The van der Waals surface area contributed by atoms with Crippen molar-refractivity contribution < 1.29 is 9.84 Å². The third-order valence-electron chi connectivity index (χ3n) is 4.08. The smallest absolute Gasteiger partial charge is 0.119 e. The molecule has 0 bridgehead atoms. The number of aliphatic hydroxyl groups excluding tert-OH is 1. The Morgan fingerprint density at radius 1 is 1.04 bits per heavy atom. The Labute approximate surface area is 158 Å². The molecule has 1 heterocycles. The van der Waals surface area contributed by atoms with Gasteiger partial charge in [0.2, 0.25) is 0 Å². The summed E-state index contributed by atoms with van der Waals surface area (Å²) in [5.74, 6) is 1.29. The van der Waals surface area contributed by atoms with Crippen molar-refractivity contribution in [3.05, 3.63) is 60.4 Å². The highest BCUT2D eigenvalue weighted by Crippen LogP contribution is 2.26. The predicted molar refractivity (Wildman–Crippen MR) is 107 cm³/mol. The van der Waals surface area contributed by atoms with E-state index in [1.54, 1.807) is 6.33 Å². The molecule has 0 aliphatic carbocycles. The first-order valence-corrected chi connectivity index (χ1v) is 9.66. The van der Waals surface area contributed by atoms with E-state index < -0.39 is 6.10 Å². The van der Waals surface area contributed by atoms with E-state index in [1.807, 2.05) is 36.4 Å². The summed E-state index contributed by atoms with van der Waals surface area (Å²) < 4.78 is 5.72. The van der Waals surface area contributed by atoms with Crippen LogP contribution in [0.5, 0.6) is 5.75 Å². The van der Waals surface area contributed by atoms with Crippen molar-refractivity contribution in [2.45, 2.75) is 37.3 Å². The molecule has 3 aromatic rings. The van der Waals surface area contributed by atoms with Crippen LogP contribution in [0, 0.1) is 0 Å². The third kappa shape index (κ3) is 4.74. The molecule has 0 spiro atoms. The second-order valence-corrected chi connectivity index (χ2v) is 8.25. The fourth-order valence-electron chi connectivity index (χ4n) is 2.56. The van der Waals surface area contributed by atoms with Gasteiger partial charge in [0.15, 0.2) is 0 Å². The number of hydrogen-bond donors (Lipinski definition) is 1. The standard InChI is InChI=1S/C21H24N2O2S/c1-21(2,3)15-8-10-17(11-9-15)25-12-16(24)13-26-20-18-6-4-5-7-19(18)22-14-23-20/h4-11,14,16,24H,12-13H2,1-3H3/t16-/m1/s1. The van der Waals surface area contributed by atoms with Gasteiger partial charge < -0.3 is 9.84 Å². The summed E-state index contributed by atoms with van der Waals surface area (Å²) in [4.78, 5) is 8.59. The summed E-state index contributed by atoms with van der Waals surface area (Å²) in [6, 6.07) is 15.9. The van der Waals surface area contributed by atoms with E-state index in [4.69, 9.17) is 4.74 Å². The molecule has 0 unspecified atom stereocenters. The lowest BCUT2D eigenvalue weighted by Gasteiger charge is -2.19. The number of aromatic nitrogens is 2. The van der Waals surface area contributed by atoms with Crippen molar-refractivity contribution in [2.75, 3.05) is 12.4 Å². The van der Waals surface area contributed by atoms with Crippen LogP contribution in [-0.2, 0) is 5.41 Å². The Balaban J connectivity index is 1.53. The number of fused-ring (bicyclic) bond motifs is 1. The predicted octanol–water partition coefficient (Wildman–Crippen LogP) is 4.46. The monoisotopic (exact) mass is 368 g/mol. The molecule has 0 aliphatic rings. The maximum atomic E-state index is 10.2. The largest absolute Gasteiger partial charge is 0.491 e. The van der Waals surface area contributed by atoms with Crippen LogP contribution in [0.25, 0.3) is 10.9 Å². The first-order chi connectivity index (χ1) is 12.4. The average Bonchev–Trinajstić information content (AvgIpc) is 2.64. The Morgan fingerprint density at radius 2 is 1.77 bits per heavy atom. The maximum absolute atomic E-state index is 10.2. The van der Waals surface area contributed by atoms with Gasteiger partial charge in [0.05, 0.1) is 11.6 Å². The normalized spacial score (nSPS) is 12.9. The summed E-state index contributed by atoms with van der Waals surface area (Å²) in [5, 5.41) is 12.1. The number of rotatable bonds is 6. The highest BCUT2D eigenvalue weighted by atomic mass is 32.2. The number of nitrogens with zero attached hydrogens (tertiary/aromatic N) is 2. The topological polar surface area (TPSA) is 55.2 Å². The fourth-order valence-corrected chi connectivity index (χ4v) is 3.46. The van der Waals surface area contributed by atoms with E-state index in [2.05, 4.69) is 42.9 Å². The van der Waals surface area contributed by atoms with Crippen LogP contribution in [0.15, 0.2) is 59.9 Å². The summed E-state index contributed by atoms with van der Waals surface area (Å²) >= 11 is 1.52. The van der Waals surface area contributed by atoms with E-state index in [-0.39, 0.29) is 12.0 Å². The summed E-state index contributed by atoms with van der Waals surface area (Å²) in [5.41, 5.74) is 2.29. The maximum Gasteiger partial charge on any atom is 0.119 e. The molecule has 0 saturated carbocycles. The Bertz CT molecular complexity index is 855. The van der Waals surface area contributed by atoms with E-state index in [9.17, 15) is 5.11 Å². The van der Waals surface area contributed by atoms with Crippen LogP contribution < -0.4 is 4.74 Å². The van der Waals surface area contributed by atoms with Crippen molar-refractivity contribution in [1.29, 1.82) is 0 Å². The van der Waals surface area contributed by atoms with Gasteiger partial charge in [-0.3, -0.25) is 0 Å². The zero-order valence-corrected chi connectivity index (χ0v) is 16.2. The molecule has 0 radical (unpaired) electrons. The van der Waals surface area contributed by atoms with Gasteiger partial charge in [-0.2, -0.15) is 0 Å². The van der Waals surface area contributed by atoms with E-state index in [0.717, 1.165) is 21.7 Å². The molecule has 0 fully saturated rings. The number of benzene rings is 2. The molecule has 1 N–H and O–H groups in total. The minimum atomic E-state index is -0.573. The van der Waals surface area contributed by atoms with Crippen LogP contribution in [0.4, 0.5) is 0 Å². The zero-order valence-electron chi connectivity index (χ0n) is 15.3. The molecule has 0 saturated heterocycles. The minimum Gasteiger partial charge on any atom is -0.491 e. The van der Waals surface area contributed by atoms with Crippen molar-refractivity contribution >= 4 is 22.7 Å². The van der Waals surface area contributed by atoms with Gasteiger partial charge in [-0.05, 0) is 29.2 Å². The van der Waals surface area contributed by atoms with Crippen molar-refractivity contribution in [3.8, 4) is 5.75 Å². The van der Waals surface area contributed by atoms with Crippen molar-refractivity contribution in [1.82, 2.24) is 9.97 Å². The second kappa shape index (κ2) is 8.06. The third-order valence-corrected chi connectivity index (χ3v) is 5.23. The molecule has 26 heavy (non-hydrogen) atoms. The minimum absolute atomic E-state index is 0.120. The highest BCUT2D eigenvalue weighted by Gasteiger charge is 2.14. The first-order valence-electron chi connectivity index (χ1n) is 8.67. The first kappa shape index (κ1) is 18.7. The number of aliphatic hydroxyl groups is 1. The molecule has 3 rings (SSSR count). The van der Waals surface area contributed by atoms with Gasteiger partial charge >= 0.3 is 0 Å². The van der Waals surface area contributed by atoms with Crippen LogP contribution in [0.2, 0.25) is 0 Å². The number of thioether (sulfide) groups is 1. The van der Waals surface area contributed by atoms with Gasteiger partial charge in [0.25, 0.3) is 0 Å². The molecule has 1 atom stereocenters. The number of ether oxygens (including phenoxy) is 1. The number of hydrogen-bond acceptors (Lipinski definition) is 5. The Hall–Kier alpha value is -2.11. The lowest BCUT2D eigenvalue weighted by atomic mass is 9.87. The molecular formula is C21H24N2O2S. The lowest BCUT2D eigenvalue weighted by Crippen LogP contribution is -2.20. The molecule has 4 nitrogen and oxygen atoms in total. The van der Waals surface area contributed by atoms with Gasteiger partial charge in [-0.1, -0.05) is 51.1 Å². The summed E-state index contributed by atoms with van der Waals surface area (Å²) in [6.45, 7) is 6.80. The van der Waals surface area contributed by atoms with Gasteiger partial charge in [-0.25, -0.2) is 9.97 Å². The van der Waals surface area contributed by atoms with E-state index >= 15 is 0 Å². The highest BCUT2D eigenvalue weighted by molar-refractivity contribution is 7.99. The molecule has 136 valence electrons. The fraction of sp³-hybridized carbons (Fsp3) is 0.333. The van der Waals surface area contributed by atoms with Gasteiger partial charge in [-0.15, -0.1) is 11.8 Å². The molecule has 0 amide bonds. The van der Waals surface area contributed by atoms with Gasteiger partial charge in [0.1, 0.15) is 23.7 Å². The summed E-state index contributed by atoms with van der Waals surface area (Å²) in [6.07, 6.45) is 0.987. The quantitative estimate of drug-likeness (QED) is 0.514. The van der Waals surface area contributed by atoms with E-state index in [0.29, 0.717) is 5.75 Å². The molecule has 2 aromatic carbocycles. The molecule has 0 aliphatic heterocycles. The van der Waals surface area contributed by atoms with Crippen LogP contribution >= 0.6 is 11.8 Å². The zero-order chi connectivity index (χ0) is 18.6. The second-order valence-electron chi connectivity index (χ2n) is 7.25. The van der Waals surface area contributed by atoms with Crippen LogP contribution in [-0.4, -0.2) is 33.5 Å². The molecule has 5 heteroatoms. The SMILES string of the molecule is CC(C)(C)c1ccc(OC[C@@H](O)CSc2ncnc3ccccc23)cc1. The average molecular weight is 369 g/mol. The van der Waals surface area contributed by atoms with Crippen molar-refractivity contribution in [3.63, 3.8) is 0 Å². The Kier molecular flexibility index (Phi) is 5.79. The molecular weight excluding hydrogens is 344 g/mol. The van der Waals surface area contributed by atoms with Gasteiger partial charge in [0, 0.05) is 11.1 Å². The van der Waals surface area contributed by atoms with Crippen molar-refractivity contribution in [2.24, 2.45) is 0 Å². The summed E-state index contributed by atoms with van der Waals surface area (Å²) in [7, 11) is 0. The Morgan fingerprint density at radius 3 is 2.50 bits per heavy atom. The van der Waals surface area contributed by atoms with Crippen LogP contribution in [0.3, 0.4) is 0 Å². The number of para-hydroxylation sites is 1. The molecule has 1 aromatic heterocycles. The van der Waals surface area contributed by atoms with E-state index in [1.165, 1.54) is 17.3 Å². The van der Waals surface area contributed by atoms with Crippen LogP contribution in [0.1, 0.15) is 26.3 Å².